The van der Waals surface area contributed by atoms with Gasteiger partial charge in [-0.15, -0.1) is 0 Å². The van der Waals surface area contributed by atoms with Crippen molar-refractivity contribution in [3.8, 4) is 0 Å². The number of thiophene rings is 1. The van der Waals surface area contributed by atoms with Gasteiger partial charge in [-0.05, 0) is 28.5 Å². The Balaban J connectivity index is 2.16. The van der Waals surface area contributed by atoms with E-state index in [1.165, 1.54) is 5.56 Å². The zero-order valence-electron chi connectivity index (χ0n) is 9.42. The van der Waals surface area contributed by atoms with E-state index < -0.39 is 0 Å². The fraction of sp³-hybridized carbons (Fsp3) is 0.182. The summed E-state index contributed by atoms with van der Waals surface area (Å²) in [5.74, 6) is 0.529. The van der Waals surface area contributed by atoms with Crippen molar-refractivity contribution in [2.75, 3.05) is 11.9 Å². The molecule has 0 saturated carbocycles. The predicted molar refractivity (Wildman–Crippen MR) is 69.5 cm³/mol. The fourth-order valence-electron chi connectivity index (χ4n) is 1.41. The first-order valence-electron chi connectivity index (χ1n) is 5.06. The number of nitrogens with two attached hydrogens (primary N) is 1. The van der Waals surface area contributed by atoms with Crippen LogP contribution in [-0.2, 0) is 6.54 Å². The number of rotatable bonds is 4. The SMILES string of the molecule is CN(Cc1ccsc1)c1nccc(C(=N)N)n1. The Bertz CT molecular complexity index is 508. The Kier molecular flexibility index (Phi) is 3.34. The first-order chi connectivity index (χ1) is 8.16. The van der Waals surface area contributed by atoms with Gasteiger partial charge in [-0.3, -0.25) is 5.41 Å². The van der Waals surface area contributed by atoms with Crippen LogP contribution < -0.4 is 10.6 Å². The number of hydrogen-bond donors (Lipinski definition) is 2. The third-order valence-corrected chi connectivity index (χ3v) is 2.99. The van der Waals surface area contributed by atoms with Crippen LogP contribution in [0.1, 0.15) is 11.3 Å². The Morgan fingerprint density at radius 1 is 1.53 bits per heavy atom. The molecular weight excluding hydrogens is 234 g/mol. The molecule has 0 fully saturated rings. The third-order valence-electron chi connectivity index (χ3n) is 2.26. The molecule has 0 spiro atoms. The minimum atomic E-state index is -0.0439. The first kappa shape index (κ1) is 11.5. The van der Waals surface area contributed by atoms with E-state index in [9.17, 15) is 0 Å². The highest BCUT2D eigenvalue weighted by Gasteiger charge is 2.07. The van der Waals surface area contributed by atoms with Gasteiger partial charge >= 0.3 is 0 Å². The maximum absolute atomic E-state index is 7.34. The van der Waals surface area contributed by atoms with Crippen LogP contribution in [0.25, 0.3) is 0 Å². The largest absolute Gasteiger partial charge is 0.382 e. The highest BCUT2D eigenvalue weighted by Crippen LogP contribution is 2.12. The number of hydrogen-bond acceptors (Lipinski definition) is 5. The summed E-state index contributed by atoms with van der Waals surface area (Å²) in [4.78, 5) is 10.3. The molecule has 0 aliphatic rings. The van der Waals surface area contributed by atoms with Gasteiger partial charge in [0.2, 0.25) is 5.95 Å². The number of anilines is 1. The summed E-state index contributed by atoms with van der Waals surface area (Å²) in [6.07, 6.45) is 1.61. The van der Waals surface area contributed by atoms with Crippen molar-refractivity contribution < 1.29 is 0 Å². The molecule has 0 radical (unpaired) electrons. The summed E-state index contributed by atoms with van der Waals surface area (Å²) < 4.78 is 0. The maximum atomic E-state index is 7.34. The molecule has 0 aliphatic carbocycles. The lowest BCUT2D eigenvalue weighted by molar-refractivity contribution is 0.867. The molecule has 88 valence electrons. The lowest BCUT2D eigenvalue weighted by Crippen LogP contribution is -2.21. The minimum Gasteiger partial charge on any atom is -0.382 e. The van der Waals surface area contributed by atoms with Gasteiger partial charge in [0, 0.05) is 19.8 Å². The van der Waals surface area contributed by atoms with Crippen LogP contribution in [0.5, 0.6) is 0 Å². The van der Waals surface area contributed by atoms with Crippen molar-refractivity contribution in [3.63, 3.8) is 0 Å². The summed E-state index contributed by atoms with van der Waals surface area (Å²) in [5, 5.41) is 11.5. The molecule has 2 rings (SSSR count). The van der Waals surface area contributed by atoms with Gasteiger partial charge in [0.25, 0.3) is 0 Å². The molecule has 3 N–H and O–H groups in total. The molecule has 0 saturated heterocycles. The Labute approximate surface area is 103 Å². The van der Waals surface area contributed by atoms with E-state index in [1.807, 2.05) is 17.3 Å². The zero-order valence-corrected chi connectivity index (χ0v) is 10.2. The predicted octanol–water partition coefficient (Wildman–Crippen LogP) is 1.46. The van der Waals surface area contributed by atoms with E-state index in [-0.39, 0.29) is 5.84 Å². The molecule has 5 nitrogen and oxygen atoms in total. The summed E-state index contributed by atoms with van der Waals surface area (Å²) in [7, 11) is 1.91. The lowest BCUT2D eigenvalue weighted by atomic mass is 10.3. The van der Waals surface area contributed by atoms with E-state index in [0.717, 1.165) is 6.54 Å². The highest BCUT2D eigenvalue weighted by molar-refractivity contribution is 7.07. The average molecular weight is 247 g/mol. The maximum Gasteiger partial charge on any atom is 0.226 e. The zero-order chi connectivity index (χ0) is 12.3. The van der Waals surface area contributed by atoms with Gasteiger partial charge in [-0.1, -0.05) is 0 Å². The number of nitrogens with one attached hydrogen (secondary N) is 1. The van der Waals surface area contributed by atoms with Crippen LogP contribution in [0.3, 0.4) is 0 Å². The third kappa shape index (κ3) is 2.79. The van der Waals surface area contributed by atoms with Crippen LogP contribution >= 0.6 is 11.3 Å². The summed E-state index contributed by atoms with van der Waals surface area (Å²) in [6.45, 7) is 0.741. The van der Waals surface area contributed by atoms with E-state index in [2.05, 4.69) is 21.4 Å². The summed E-state index contributed by atoms with van der Waals surface area (Å²) in [6, 6.07) is 3.69. The Morgan fingerprint density at radius 2 is 2.35 bits per heavy atom. The molecule has 0 amide bonds. The molecule has 2 aromatic rings. The number of amidine groups is 1. The molecule has 0 aromatic carbocycles. The van der Waals surface area contributed by atoms with Crippen LogP contribution in [0.2, 0.25) is 0 Å². The quantitative estimate of drug-likeness (QED) is 0.633. The topological polar surface area (TPSA) is 78.9 Å². The monoisotopic (exact) mass is 247 g/mol. The lowest BCUT2D eigenvalue weighted by Gasteiger charge is -2.16. The number of aromatic nitrogens is 2. The van der Waals surface area contributed by atoms with E-state index in [0.29, 0.717) is 11.6 Å². The van der Waals surface area contributed by atoms with Crippen molar-refractivity contribution in [1.29, 1.82) is 5.41 Å². The number of nitrogen functional groups attached to an aromatic ring is 1. The summed E-state index contributed by atoms with van der Waals surface area (Å²) in [5.41, 5.74) is 7.06. The van der Waals surface area contributed by atoms with Gasteiger partial charge in [-0.25, -0.2) is 9.97 Å². The van der Waals surface area contributed by atoms with Gasteiger partial charge < -0.3 is 10.6 Å². The molecule has 0 atom stereocenters. The van der Waals surface area contributed by atoms with Crippen LogP contribution in [0, 0.1) is 5.41 Å². The van der Waals surface area contributed by atoms with E-state index in [4.69, 9.17) is 11.1 Å². The molecule has 0 unspecified atom stereocenters. The van der Waals surface area contributed by atoms with E-state index in [1.54, 1.807) is 23.6 Å². The normalized spacial score (nSPS) is 10.2. The van der Waals surface area contributed by atoms with Crippen molar-refractivity contribution in [2.45, 2.75) is 6.54 Å². The minimum absolute atomic E-state index is 0.0439. The van der Waals surface area contributed by atoms with Crippen molar-refractivity contribution in [3.05, 3.63) is 40.3 Å². The number of nitrogens with zero attached hydrogens (tertiary/aromatic N) is 3. The summed E-state index contributed by atoms with van der Waals surface area (Å²) >= 11 is 1.66. The van der Waals surface area contributed by atoms with Crippen molar-refractivity contribution in [2.24, 2.45) is 5.73 Å². The first-order valence-corrected chi connectivity index (χ1v) is 6.01. The van der Waals surface area contributed by atoms with Crippen molar-refractivity contribution >= 4 is 23.1 Å². The average Bonchev–Trinajstić information content (AvgIpc) is 2.82. The van der Waals surface area contributed by atoms with Gasteiger partial charge in [0.1, 0.15) is 11.5 Å². The fourth-order valence-corrected chi connectivity index (χ4v) is 2.07. The van der Waals surface area contributed by atoms with Gasteiger partial charge in [-0.2, -0.15) is 11.3 Å². The molecule has 2 heterocycles. The molecule has 2 aromatic heterocycles. The molecule has 17 heavy (non-hydrogen) atoms. The molecule has 0 bridgehead atoms. The molecule has 6 heteroatoms. The second-order valence-corrected chi connectivity index (χ2v) is 4.42. The van der Waals surface area contributed by atoms with Crippen LogP contribution in [0.15, 0.2) is 29.1 Å². The second-order valence-electron chi connectivity index (χ2n) is 3.64. The Hall–Kier alpha value is -1.95. The van der Waals surface area contributed by atoms with Gasteiger partial charge in [0.05, 0.1) is 0 Å². The van der Waals surface area contributed by atoms with Crippen LogP contribution in [0.4, 0.5) is 5.95 Å². The Morgan fingerprint density at radius 3 is 3.00 bits per heavy atom. The molecule has 0 aliphatic heterocycles. The van der Waals surface area contributed by atoms with Gasteiger partial charge in [0.15, 0.2) is 0 Å². The van der Waals surface area contributed by atoms with E-state index >= 15 is 0 Å². The highest BCUT2D eigenvalue weighted by atomic mass is 32.1. The van der Waals surface area contributed by atoms with Crippen molar-refractivity contribution in [1.82, 2.24) is 9.97 Å². The molecular formula is C11H13N5S. The second kappa shape index (κ2) is 4.92. The van der Waals surface area contributed by atoms with Crippen LogP contribution in [-0.4, -0.2) is 22.9 Å². The standard InChI is InChI=1S/C11H13N5S/c1-16(6-8-3-5-17-7-8)11-14-4-2-9(15-11)10(12)13/h2-5,7H,6H2,1H3,(H3,12,13). The smallest absolute Gasteiger partial charge is 0.226 e.